The molecule has 164 valence electrons. The lowest BCUT2D eigenvalue weighted by molar-refractivity contribution is -0.137. The fourth-order valence-corrected chi connectivity index (χ4v) is 3.97. The maximum absolute atomic E-state index is 13.1. The number of alkyl halides is 3. The maximum Gasteiger partial charge on any atom is 0.418 e. The van der Waals surface area contributed by atoms with E-state index in [1.54, 1.807) is 0 Å². The minimum Gasteiger partial charge on any atom is -0.324 e. The molecule has 4 amide bonds. The molecule has 2 N–H and O–H groups in total. The zero-order valence-corrected chi connectivity index (χ0v) is 16.9. The van der Waals surface area contributed by atoms with Crippen molar-refractivity contribution in [3.8, 4) is 0 Å². The molecule has 0 bridgehead atoms. The lowest BCUT2D eigenvalue weighted by Gasteiger charge is -2.37. The molecular weight excluding hydrogens is 401 g/mol. The summed E-state index contributed by atoms with van der Waals surface area (Å²) < 4.78 is 39.3. The molecule has 2 aliphatic rings. The van der Waals surface area contributed by atoms with Gasteiger partial charge in [0.25, 0.3) is 5.91 Å². The Morgan fingerprint density at radius 1 is 1.20 bits per heavy atom. The normalized spacial score (nSPS) is 19.5. The molecule has 10 heteroatoms. The number of urea groups is 1. The number of hydrogen-bond acceptors (Lipinski definition) is 4. The summed E-state index contributed by atoms with van der Waals surface area (Å²) >= 11 is 0. The van der Waals surface area contributed by atoms with Crippen LogP contribution in [0.3, 0.4) is 0 Å². The third kappa shape index (κ3) is 4.58. The molecule has 2 aliphatic heterocycles. The van der Waals surface area contributed by atoms with E-state index < -0.39 is 47.4 Å². The largest absolute Gasteiger partial charge is 0.418 e. The fourth-order valence-electron chi connectivity index (χ4n) is 3.97. The predicted octanol–water partition coefficient (Wildman–Crippen LogP) is 2.69. The molecule has 0 aromatic heterocycles. The van der Waals surface area contributed by atoms with Crippen LogP contribution in [0, 0.1) is 5.92 Å². The molecule has 7 nitrogen and oxygen atoms in total. The number of benzene rings is 1. The Bertz CT molecular complexity index is 833. The number of nitrogens with zero attached hydrogens (tertiary/aromatic N) is 2. The van der Waals surface area contributed by atoms with Crippen LogP contribution in [0.25, 0.3) is 0 Å². The molecule has 3 rings (SSSR count). The van der Waals surface area contributed by atoms with E-state index in [1.807, 2.05) is 0 Å². The van der Waals surface area contributed by atoms with Gasteiger partial charge in [-0.15, -0.1) is 0 Å². The number of para-hydroxylation sites is 1. The lowest BCUT2D eigenvalue weighted by atomic mass is 9.87. The van der Waals surface area contributed by atoms with E-state index in [2.05, 4.69) is 29.4 Å². The van der Waals surface area contributed by atoms with Gasteiger partial charge in [-0.1, -0.05) is 26.0 Å². The minimum absolute atomic E-state index is 0.418. The summed E-state index contributed by atoms with van der Waals surface area (Å²) in [6.07, 6.45) is -3.78. The summed E-state index contributed by atoms with van der Waals surface area (Å²) in [5.41, 5.74) is -2.46. The third-order valence-electron chi connectivity index (χ3n) is 5.39. The number of piperidine rings is 1. The van der Waals surface area contributed by atoms with Crippen molar-refractivity contribution in [2.45, 2.75) is 38.4 Å². The van der Waals surface area contributed by atoms with Gasteiger partial charge in [0.2, 0.25) is 5.91 Å². The molecule has 1 spiro atoms. The number of carbonyl (C=O) groups is 3. The Kier molecular flexibility index (Phi) is 6.07. The first kappa shape index (κ1) is 22.1. The van der Waals surface area contributed by atoms with Gasteiger partial charge in [0.15, 0.2) is 0 Å². The van der Waals surface area contributed by atoms with Gasteiger partial charge in [0.1, 0.15) is 12.1 Å². The Morgan fingerprint density at radius 3 is 2.43 bits per heavy atom. The standard InChI is InChI=1S/C20H25F3N4O3/c1-13(2)11-26-9-7-19(8-10-26)17(29)27(18(30)25-19)12-16(28)24-15-6-4-3-5-14(15)20(21,22)23/h3-6,13H,7-12H2,1-2H3,(H,24,28)(H,25,30). The number of anilines is 1. The van der Waals surface area contributed by atoms with Gasteiger partial charge < -0.3 is 15.5 Å². The zero-order chi connectivity index (χ0) is 22.1. The highest BCUT2D eigenvalue weighted by Crippen LogP contribution is 2.35. The number of imide groups is 1. The molecule has 0 saturated carbocycles. The number of hydrogen-bond donors (Lipinski definition) is 2. The molecule has 1 aromatic carbocycles. The van der Waals surface area contributed by atoms with Gasteiger partial charge in [-0.25, -0.2) is 4.79 Å². The van der Waals surface area contributed by atoms with Gasteiger partial charge >= 0.3 is 12.2 Å². The van der Waals surface area contributed by atoms with E-state index in [9.17, 15) is 27.6 Å². The smallest absolute Gasteiger partial charge is 0.324 e. The first-order valence-corrected chi connectivity index (χ1v) is 9.84. The topological polar surface area (TPSA) is 81.8 Å². The van der Waals surface area contributed by atoms with Crippen LogP contribution >= 0.6 is 0 Å². The summed E-state index contributed by atoms with van der Waals surface area (Å²) in [4.78, 5) is 40.6. The van der Waals surface area contributed by atoms with E-state index in [4.69, 9.17) is 0 Å². The van der Waals surface area contributed by atoms with E-state index in [0.29, 0.717) is 31.8 Å². The van der Waals surface area contributed by atoms with E-state index in [1.165, 1.54) is 12.1 Å². The summed E-state index contributed by atoms with van der Waals surface area (Å²) in [6, 6.07) is 3.85. The van der Waals surface area contributed by atoms with E-state index in [-0.39, 0.29) is 0 Å². The highest BCUT2D eigenvalue weighted by molar-refractivity contribution is 6.10. The Balaban J connectivity index is 1.65. The number of carbonyl (C=O) groups excluding carboxylic acids is 3. The Hall–Kier alpha value is -2.62. The highest BCUT2D eigenvalue weighted by atomic mass is 19.4. The number of halogens is 3. The minimum atomic E-state index is -4.64. The van der Waals surface area contributed by atoms with Crippen molar-refractivity contribution in [3.63, 3.8) is 0 Å². The highest BCUT2D eigenvalue weighted by Gasteiger charge is 2.52. The number of nitrogens with one attached hydrogen (secondary N) is 2. The van der Waals surface area contributed by atoms with Crippen molar-refractivity contribution in [2.75, 3.05) is 31.5 Å². The van der Waals surface area contributed by atoms with Crippen LogP contribution in [0.1, 0.15) is 32.3 Å². The monoisotopic (exact) mass is 426 g/mol. The zero-order valence-electron chi connectivity index (χ0n) is 16.9. The van der Waals surface area contributed by atoms with Crippen LogP contribution in [0.2, 0.25) is 0 Å². The van der Waals surface area contributed by atoms with Crippen molar-refractivity contribution in [1.29, 1.82) is 0 Å². The fraction of sp³-hybridized carbons (Fsp3) is 0.550. The number of likely N-dealkylation sites (tertiary alicyclic amines) is 1. The van der Waals surface area contributed by atoms with Gasteiger partial charge in [-0.3, -0.25) is 14.5 Å². The molecule has 0 radical (unpaired) electrons. The lowest BCUT2D eigenvalue weighted by Crippen LogP contribution is -2.55. The molecule has 0 unspecified atom stereocenters. The molecule has 1 aromatic rings. The van der Waals surface area contributed by atoms with Gasteiger partial charge in [0, 0.05) is 19.6 Å². The summed E-state index contributed by atoms with van der Waals surface area (Å²) in [6.45, 7) is 5.73. The maximum atomic E-state index is 13.1. The van der Waals surface area contributed by atoms with Gasteiger partial charge in [0.05, 0.1) is 11.3 Å². The third-order valence-corrected chi connectivity index (χ3v) is 5.39. The molecule has 0 atom stereocenters. The van der Waals surface area contributed by atoms with Crippen molar-refractivity contribution in [3.05, 3.63) is 29.8 Å². The van der Waals surface area contributed by atoms with Crippen LogP contribution in [0.5, 0.6) is 0 Å². The molecular formula is C20H25F3N4O3. The van der Waals surface area contributed by atoms with Crippen molar-refractivity contribution < 1.29 is 27.6 Å². The van der Waals surface area contributed by atoms with Crippen molar-refractivity contribution >= 4 is 23.5 Å². The molecule has 30 heavy (non-hydrogen) atoms. The molecule has 0 aliphatic carbocycles. The summed E-state index contributed by atoms with van der Waals surface area (Å²) in [5.74, 6) is -0.895. The van der Waals surface area contributed by atoms with Crippen LogP contribution in [0.15, 0.2) is 24.3 Å². The average Bonchev–Trinajstić information content (AvgIpc) is 2.87. The molecule has 2 saturated heterocycles. The van der Waals surface area contributed by atoms with Crippen molar-refractivity contribution in [2.24, 2.45) is 5.92 Å². The quantitative estimate of drug-likeness (QED) is 0.710. The summed E-state index contributed by atoms with van der Waals surface area (Å²) in [7, 11) is 0. The first-order chi connectivity index (χ1) is 14.0. The second kappa shape index (κ2) is 8.25. The predicted molar refractivity (Wildman–Crippen MR) is 104 cm³/mol. The number of rotatable bonds is 5. The van der Waals surface area contributed by atoms with Crippen LogP contribution in [-0.2, 0) is 15.8 Å². The molecule has 2 fully saturated rings. The molecule has 2 heterocycles. The van der Waals surface area contributed by atoms with Gasteiger partial charge in [-0.2, -0.15) is 13.2 Å². The second-order valence-electron chi connectivity index (χ2n) is 8.19. The Labute approximate surface area is 172 Å². The van der Waals surface area contributed by atoms with Crippen LogP contribution in [0.4, 0.5) is 23.7 Å². The second-order valence-corrected chi connectivity index (χ2v) is 8.19. The van der Waals surface area contributed by atoms with E-state index >= 15 is 0 Å². The average molecular weight is 426 g/mol. The Morgan fingerprint density at radius 2 is 1.83 bits per heavy atom. The number of amides is 4. The summed E-state index contributed by atoms with van der Waals surface area (Å²) in [5, 5.41) is 4.86. The van der Waals surface area contributed by atoms with E-state index in [0.717, 1.165) is 23.6 Å². The van der Waals surface area contributed by atoms with Gasteiger partial charge in [-0.05, 0) is 30.9 Å². The van der Waals surface area contributed by atoms with Crippen molar-refractivity contribution in [1.82, 2.24) is 15.1 Å². The van der Waals surface area contributed by atoms with Crippen LogP contribution < -0.4 is 10.6 Å². The van der Waals surface area contributed by atoms with Crippen LogP contribution in [-0.4, -0.2) is 59.4 Å². The first-order valence-electron chi connectivity index (χ1n) is 9.84. The SMILES string of the molecule is CC(C)CN1CCC2(CC1)NC(=O)N(CC(=O)Nc1ccccc1C(F)(F)F)C2=O.